The van der Waals surface area contributed by atoms with Crippen molar-refractivity contribution in [3.8, 4) is 5.75 Å². The lowest BCUT2D eigenvalue weighted by Crippen LogP contribution is -2.49. The third kappa shape index (κ3) is 8.09. The summed E-state index contributed by atoms with van der Waals surface area (Å²) in [5.41, 5.74) is 5.31. The third-order valence-corrected chi connectivity index (χ3v) is 8.59. The van der Waals surface area contributed by atoms with Crippen molar-refractivity contribution in [2.24, 2.45) is 5.41 Å². The lowest BCUT2D eigenvalue weighted by Gasteiger charge is -2.43. The topological polar surface area (TPSA) is 53.0 Å². The molecule has 3 aromatic rings. The zero-order valence-electron chi connectivity index (χ0n) is 24.2. The number of hydrogen-bond acceptors (Lipinski definition) is 4. The summed E-state index contributed by atoms with van der Waals surface area (Å²) in [6.45, 7) is 9.96. The molecule has 1 unspecified atom stereocenters. The van der Waals surface area contributed by atoms with E-state index in [9.17, 15) is 9.90 Å². The van der Waals surface area contributed by atoms with E-state index in [-0.39, 0.29) is 17.9 Å². The molecular formula is C34H43ClN2O3. The number of benzene rings is 3. The summed E-state index contributed by atoms with van der Waals surface area (Å²) in [5, 5.41) is 10.5. The number of hydrogen-bond donors (Lipinski definition) is 1. The van der Waals surface area contributed by atoms with Crippen molar-refractivity contribution in [3.63, 3.8) is 0 Å². The van der Waals surface area contributed by atoms with Crippen LogP contribution in [0.25, 0.3) is 0 Å². The van der Waals surface area contributed by atoms with E-state index in [1.54, 1.807) is 4.90 Å². The van der Waals surface area contributed by atoms with Crippen LogP contribution in [0.1, 0.15) is 54.0 Å². The Morgan fingerprint density at radius 1 is 1.02 bits per heavy atom. The Balaban J connectivity index is 1.55. The number of aliphatic hydroxyl groups is 1. The normalized spacial score (nSPS) is 17.5. The minimum absolute atomic E-state index is 0.0547. The van der Waals surface area contributed by atoms with Crippen LogP contribution in [0.2, 0.25) is 5.02 Å². The SMILES string of the molecule is CCc1ccc(CN2CCCC(COc3cc(C)c(Cl)c(C)c3)(CC(=O)N(CCO)Cc3ccccc3)C2)cc1. The van der Waals surface area contributed by atoms with E-state index in [1.165, 1.54) is 11.1 Å². The molecule has 0 spiro atoms. The summed E-state index contributed by atoms with van der Waals surface area (Å²) in [6, 6.07) is 22.8. The van der Waals surface area contributed by atoms with Gasteiger partial charge in [-0.2, -0.15) is 0 Å². The Hall–Kier alpha value is -2.86. The van der Waals surface area contributed by atoms with E-state index < -0.39 is 0 Å². The summed E-state index contributed by atoms with van der Waals surface area (Å²) in [4.78, 5) is 18.1. The predicted octanol–water partition coefficient (Wildman–Crippen LogP) is 6.59. The second-order valence-corrected chi connectivity index (χ2v) is 11.7. The Morgan fingerprint density at radius 3 is 2.35 bits per heavy atom. The summed E-state index contributed by atoms with van der Waals surface area (Å²) in [5.74, 6) is 0.842. The number of rotatable bonds is 12. The van der Waals surface area contributed by atoms with Crippen molar-refractivity contribution in [3.05, 3.63) is 99.6 Å². The first-order valence-electron chi connectivity index (χ1n) is 14.4. The van der Waals surface area contributed by atoms with E-state index in [1.807, 2.05) is 56.3 Å². The van der Waals surface area contributed by atoms with Gasteiger partial charge in [0.05, 0.1) is 13.2 Å². The van der Waals surface area contributed by atoms with Crippen LogP contribution in [0.4, 0.5) is 0 Å². The fraction of sp³-hybridized carbons (Fsp3) is 0.441. The summed E-state index contributed by atoms with van der Waals surface area (Å²) >= 11 is 6.41. The van der Waals surface area contributed by atoms with Crippen LogP contribution in [-0.4, -0.2) is 53.7 Å². The van der Waals surface area contributed by atoms with Crippen molar-refractivity contribution in [2.45, 2.75) is 59.5 Å². The molecule has 0 aliphatic carbocycles. The maximum absolute atomic E-state index is 13.8. The second kappa shape index (κ2) is 14.2. The molecule has 6 heteroatoms. The second-order valence-electron chi connectivity index (χ2n) is 11.3. The average Bonchev–Trinajstić information content (AvgIpc) is 2.95. The monoisotopic (exact) mass is 562 g/mol. The minimum atomic E-state index is -0.343. The van der Waals surface area contributed by atoms with Gasteiger partial charge in [0.25, 0.3) is 0 Å². The van der Waals surface area contributed by atoms with Gasteiger partial charge in [0.2, 0.25) is 5.91 Å². The Labute approximate surface area is 244 Å². The number of amides is 1. The molecular weight excluding hydrogens is 520 g/mol. The van der Waals surface area contributed by atoms with Gasteiger partial charge in [-0.15, -0.1) is 0 Å². The molecule has 1 aliphatic rings. The zero-order chi connectivity index (χ0) is 28.5. The van der Waals surface area contributed by atoms with Crippen molar-refractivity contribution in [2.75, 3.05) is 32.8 Å². The van der Waals surface area contributed by atoms with E-state index in [0.29, 0.717) is 26.1 Å². The lowest BCUT2D eigenvalue weighted by atomic mass is 9.77. The van der Waals surface area contributed by atoms with Crippen LogP contribution in [0.3, 0.4) is 0 Å². The first-order valence-corrected chi connectivity index (χ1v) is 14.8. The van der Waals surface area contributed by atoms with Crippen molar-refractivity contribution in [1.82, 2.24) is 9.80 Å². The number of aryl methyl sites for hydroxylation is 3. The summed E-state index contributed by atoms with van der Waals surface area (Å²) < 4.78 is 6.45. The molecule has 4 rings (SSSR count). The average molecular weight is 563 g/mol. The lowest BCUT2D eigenvalue weighted by molar-refractivity contribution is -0.137. The molecule has 1 N–H and O–H groups in total. The number of piperidine rings is 1. The Morgan fingerprint density at radius 2 is 1.70 bits per heavy atom. The first kappa shape index (κ1) is 30.1. The molecule has 0 bridgehead atoms. The van der Waals surface area contributed by atoms with Gasteiger partial charge in [-0.3, -0.25) is 9.69 Å². The van der Waals surface area contributed by atoms with Gasteiger partial charge in [0.15, 0.2) is 0 Å². The van der Waals surface area contributed by atoms with Crippen LogP contribution >= 0.6 is 11.6 Å². The third-order valence-electron chi connectivity index (χ3n) is 8.00. The highest BCUT2D eigenvalue weighted by Gasteiger charge is 2.39. The molecule has 1 heterocycles. The van der Waals surface area contributed by atoms with E-state index in [2.05, 4.69) is 36.1 Å². The molecule has 40 heavy (non-hydrogen) atoms. The Bertz CT molecular complexity index is 1220. The van der Waals surface area contributed by atoms with Gasteiger partial charge in [-0.25, -0.2) is 0 Å². The fourth-order valence-electron chi connectivity index (χ4n) is 5.77. The molecule has 0 saturated carbocycles. The summed E-state index contributed by atoms with van der Waals surface area (Å²) in [6.07, 6.45) is 3.31. The number of ether oxygens (including phenoxy) is 1. The largest absolute Gasteiger partial charge is 0.493 e. The number of nitrogens with zero attached hydrogens (tertiary/aromatic N) is 2. The number of halogens is 1. The van der Waals surface area contributed by atoms with Gasteiger partial charge in [-0.1, -0.05) is 73.1 Å². The van der Waals surface area contributed by atoms with E-state index in [4.69, 9.17) is 16.3 Å². The minimum Gasteiger partial charge on any atom is -0.493 e. The van der Waals surface area contributed by atoms with Gasteiger partial charge in [0, 0.05) is 43.0 Å². The van der Waals surface area contributed by atoms with Gasteiger partial charge in [0.1, 0.15) is 5.75 Å². The molecule has 1 aliphatic heterocycles. The highest BCUT2D eigenvalue weighted by Crippen LogP contribution is 2.37. The van der Waals surface area contributed by atoms with Gasteiger partial charge in [-0.05, 0) is 79.6 Å². The van der Waals surface area contributed by atoms with Gasteiger partial charge >= 0.3 is 0 Å². The van der Waals surface area contributed by atoms with Crippen molar-refractivity contribution >= 4 is 17.5 Å². The predicted molar refractivity (Wildman–Crippen MR) is 163 cm³/mol. The maximum Gasteiger partial charge on any atom is 0.223 e. The maximum atomic E-state index is 13.8. The molecule has 1 atom stereocenters. The molecule has 0 aromatic heterocycles. The van der Waals surface area contributed by atoms with E-state index in [0.717, 1.165) is 66.4 Å². The standard InChI is InChI=1S/C34H43ClN2O3/c1-4-28-11-13-30(14-12-28)22-36-16-8-15-34(24-36,25-40-31-19-26(2)33(35)27(3)20-31)21-32(39)37(17-18-38)23-29-9-6-5-7-10-29/h5-7,9-14,19-20,38H,4,8,15-18,21-25H2,1-3H3. The smallest absolute Gasteiger partial charge is 0.223 e. The quantitative estimate of drug-likeness (QED) is 0.270. The molecule has 1 fully saturated rings. The molecule has 3 aromatic carbocycles. The number of carbonyl (C=O) groups excluding carboxylic acids is 1. The van der Waals surface area contributed by atoms with Crippen LogP contribution in [0.15, 0.2) is 66.7 Å². The number of aliphatic hydroxyl groups excluding tert-OH is 1. The van der Waals surface area contributed by atoms with Crippen molar-refractivity contribution < 1.29 is 14.6 Å². The van der Waals surface area contributed by atoms with Gasteiger partial charge < -0.3 is 14.7 Å². The molecule has 1 saturated heterocycles. The highest BCUT2D eigenvalue weighted by molar-refractivity contribution is 6.32. The zero-order valence-corrected chi connectivity index (χ0v) is 24.9. The Kier molecular flexibility index (Phi) is 10.7. The highest BCUT2D eigenvalue weighted by atomic mass is 35.5. The van der Waals surface area contributed by atoms with Crippen LogP contribution in [-0.2, 0) is 24.3 Å². The van der Waals surface area contributed by atoms with Crippen molar-refractivity contribution in [1.29, 1.82) is 0 Å². The number of carbonyl (C=O) groups is 1. The molecule has 214 valence electrons. The number of likely N-dealkylation sites (tertiary alicyclic amines) is 1. The van der Waals surface area contributed by atoms with Crippen LogP contribution in [0, 0.1) is 19.3 Å². The first-order chi connectivity index (χ1) is 19.3. The summed E-state index contributed by atoms with van der Waals surface area (Å²) in [7, 11) is 0. The molecule has 5 nitrogen and oxygen atoms in total. The molecule has 1 amide bonds. The molecule has 0 radical (unpaired) electrons. The van der Waals surface area contributed by atoms with Crippen LogP contribution in [0.5, 0.6) is 5.75 Å². The van der Waals surface area contributed by atoms with Crippen LogP contribution < -0.4 is 4.74 Å². The fourth-order valence-corrected chi connectivity index (χ4v) is 5.88. The van der Waals surface area contributed by atoms with E-state index >= 15 is 0 Å².